The Balaban J connectivity index is 1.62. The molecule has 0 saturated heterocycles. The fourth-order valence-corrected chi connectivity index (χ4v) is 3.88. The molecule has 0 fully saturated rings. The zero-order valence-corrected chi connectivity index (χ0v) is 19.5. The molecule has 32 heavy (non-hydrogen) atoms. The van der Waals surface area contributed by atoms with Crippen LogP contribution in [0.4, 0.5) is 11.4 Å². The Morgan fingerprint density at radius 2 is 1.75 bits per heavy atom. The van der Waals surface area contributed by atoms with Crippen molar-refractivity contribution < 1.29 is 14.3 Å². The van der Waals surface area contributed by atoms with Gasteiger partial charge in [-0.15, -0.1) is 10.2 Å². The summed E-state index contributed by atoms with van der Waals surface area (Å²) in [5, 5.41) is 11.6. The van der Waals surface area contributed by atoms with Gasteiger partial charge in [-0.1, -0.05) is 11.8 Å². The van der Waals surface area contributed by atoms with Crippen molar-refractivity contribution in [2.75, 3.05) is 49.1 Å². The maximum absolute atomic E-state index is 12.4. The smallest absolute Gasteiger partial charge is 0.234 e. The summed E-state index contributed by atoms with van der Waals surface area (Å²) >= 11 is 1.21. The maximum Gasteiger partial charge on any atom is 0.234 e. The second kappa shape index (κ2) is 10.8. The number of hydrogen-bond acceptors (Lipinski definition) is 8. The predicted molar refractivity (Wildman–Crippen MR) is 128 cm³/mol. The van der Waals surface area contributed by atoms with Gasteiger partial charge < -0.3 is 25.5 Å². The highest BCUT2D eigenvalue weighted by Gasteiger charge is 2.16. The third-order valence-electron chi connectivity index (χ3n) is 4.92. The van der Waals surface area contributed by atoms with Crippen molar-refractivity contribution in [3.63, 3.8) is 0 Å². The molecule has 1 heterocycles. The van der Waals surface area contributed by atoms with E-state index >= 15 is 0 Å². The van der Waals surface area contributed by atoms with Gasteiger partial charge in [-0.2, -0.15) is 0 Å². The summed E-state index contributed by atoms with van der Waals surface area (Å²) in [6, 6.07) is 13.2. The first-order valence-corrected chi connectivity index (χ1v) is 11.2. The highest BCUT2D eigenvalue weighted by atomic mass is 32.2. The number of benzene rings is 2. The lowest BCUT2D eigenvalue weighted by Gasteiger charge is -2.21. The van der Waals surface area contributed by atoms with Crippen LogP contribution in [0, 0.1) is 0 Å². The van der Waals surface area contributed by atoms with E-state index < -0.39 is 0 Å². The first kappa shape index (κ1) is 23.3. The minimum Gasteiger partial charge on any atom is -0.493 e. The number of aromatic nitrogens is 3. The molecule has 0 aliphatic carbocycles. The number of anilines is 2. The zero-order valence-electron chi connectivity index (χ0n) is 18.7. The van der Waals surface area contributed by atoms with Crippen molar-refractivity contribution in [1.29, 1.82) is 0 Å². The summed E-state index contributed by atoms with van der Waals surface area (Å²) in [7, 11) is 3.13. The first-order valence-electron chi connectivity index (χ1n) is 10.2. The average molecular weight is 457 g/mol. The molecule has 170 valence electrons. The molecule has 3 N–H and O–H groups in total. The number of hydrogen-bond donors (Lipinski definition) is 2. The third kappa shape index (κ3) is 5.25. The van der Waals surface area contributed by atoms with Crippen LogP contribution in [0.1, 0.15) is 13.8 Å². The van der Waals surface area contributed by atoms with E-state index in [0.717, 1.165) is 30.0 Å². The van der Waals surface area contributed by atoms with Gasteiger partial charge in [-0.05, 0) is 56.3 Å². The number of thioether (sulfide) groups is 1. The van der Waals surface area contributed by atoms with E-state index in [1.807, 2.05) is 30.3 Å². The number of carbonyl (C=O) groups is 1. The number of nitrogens with two attached hydrogens (primary N) is 1. The molecular weight excluding hydrogens is 428 g/mol. The van der Waals surface area contributed by atoms with Gasteiger partial charge in [0.2, 0.25) is 11.1 Å². The summed E-state index contributed by atoms with van der Waals surface area (Å²) in [5.74, 6) is 7.80. The molecule has 2 aromatic carbocycles. The molecule has 0 aliphatic rings. The lowest BCUT2D eigenvalue weighted by Crippen LogP contribution is -2.21. The van der Waals surface area contributed by atoms with Crippen LogP contribution in [0.2, 0.25) is 0 Å². The van der Waals surface area contributed by atoms with Crippen molar-refractivity contribution in [2.24, 2.45) is 0 Å². The number of methoxy groups -OCH3 is 2. The van der Waals surface area contributed by atoms with Gasteiger partial charge in [0.05, 0.1) is 20.0 Å². The van der Waals surface area contributed by atoms with E-state index in [0.29, 0.717) is 22.5 Å². The van der Waals surface area contributed by atoms with Crippen LogP contribution >= 0.6 is 11.8 Å². The van der Waals surface area contributed by atoms with Crippen LogP contribution in [0.5, 0.6) is 11.5 Å². The third-order valence-corrected chi connectivity index (χ3v) is 5.86. The fraction of sp³-hybridized carbons (Fsp3) is 0.318. The van der Waals surface area contributed by atoms with Crippen molar-refractivity contribution >= 4 is 29.0 Å². The van der Waals surface area contributed by atoms with Crippen molar-refractivity contribution in [1.82, 2.24) is 14.9 Å². The van der Waals surface area contributed by atoms with Crippen LogP contribution in [-0.4, -0.2) is 53.8 Å². The second-order valence-corrected chi connectivity index (χ2v) is 7.74. The highest BCUT2D eigenvalue weighted by Crippen LogP contribution is 2.32. The number of nitrogens with zero attached hydrogens (tertiary/aromatic N) is 4. The van der Waals surface area contributed by atoms with Gasteiger partial charge in [-0.25, -0.2) is 4.68 Å². The minimum absolute atomic E-state index is 0.152. The van der Waals surface area contributed by atoms with Gasteiger partial charge in [0, 0.05) is 30.0 Å². The van der Waals surface area contributed by atoms with Gasteiger partial charge in [0.15, 0.2) is 17.3 Å². The van der Waals surface area contributed by atoms with Crippen molar-refractivity contribution in [3.8, 4) is 22.9 Å². The molecule has 1 amide bonds. The van der Waals surface area contributed by atoms with E-state index in [2.05, 4.69) is 34.3 Å². The normalized spacial score (nSPS) is 10.6. The van der Waals surface area contributed by atoms with Crippen LogP contribution < -0.4 is 25.5 Å². The van der Waals surface area contributed by atoms with E-state index in [9.17, 15) is 4.79 Å². The average Bonchev–Trinajstić information content (AvgIpc) is 3.19. The predicted octanol–water partition coefficient (Wildman–Crippen LogP) is 3.25. The topological polar surface area (TPSA) is 108 Å². The van der Waals surface area contributed by atoms with Gasteiger partial charge >= 0.3 is 0 Å². The standard InChI is InChI=1S/C22H28N6O3S/c1-5-27(6-2)17-10-8-16(9-11-17)24-20(29)14-32-22-26-25-21(28(22)23)15-7-12-18(30-3)19(13-15)31-4/h7-13H,5-6,14,23H2,1-4H3,(H,24,29). The van der Waals surface area contributed by atoms with Gasteiger partial charge in [-0.3, -0.25) is 4.79 Å². The molecule has 0 radical (unpaired) electrons. The lowest BCUT2D eigenvalue weighted by atomic mass is 10.2. The molecule has 9 nitrogen and oxygen atoms in total. The number of nitrogen functional groups attached to an aromatic ring is 1. The molecule has 0 atom stereocenters. The molecule has 1 aromatic heterocycles. The number of ether oxygens (including phenoxy) is 2. The SMILES string of the molecule is CCN(CC)c1ccc(NC(=O)CSc2nnc(-c3ccc(OC)c(OC)c3)n2N)cc1. The maximum atomic E-state index is 12.4. The molecule has 0 saturated carbocycles. The second-order valence-electron chi connectivity index (χ2n) is 6.80. The summed E-state index contributed by atoms with van der Waals surface area (Å²) < 4.78 is 11.9. The zero-order chi connectivity index (χ0) is 23.1. The Labute approximate surface area is 191 Å². The largest absolute Gasteiger partial charge is 0.493 e. The summed E-state index contributed by atoms with van der Waals surface area (Å²) in [6.45, 7) is 6.10. The Bertz CT molecular complexity index is 1050. The number of amides is 1. The van der Waals surface area contributed by atoms with Crippen LogP contribution in [0.3, 0.4) is 0 Å². The number of carbonyl (C=O) groups excluding carboxylic acids is 1. The Kier molecular flexibility index (Phi) is 7.82. The van der Waals surface area contributed by atoms with Gasteiger partial charge in [0.25, 0.3) is 0 Å². The van der Waals surface area contributed by atoms with Crippen LogP contribution in [0.15, 0.2) is 47.6 Å². The summed E-state index contributed by atoms with van der Waals surface area (Å²) in [5.41, 5.74) is 2.59. The Morgan fingerprint density at radius 3 is 2.38 bits per heavy atom. The summed E-state index contributed by atoms with van der Waals surface area (Å²) in [6.07, 6.45) is 0. The Morgan fingerprint density at radius 1 is 1.06 bits per heavy atom. The molecule has 0 aliphatic heterocycles. The van der Waals surface area contributed by atoms with Crippen LogP contribution in [-0.2, 0) is 4.79 Å². The molecular formula is C22H28N6O3S. The highest BCUT2D eigenvalue weighted by molar-refractivity contribution is 7.99. The van der Waals surface area contributed by atoms with Crippen LogP contribution in [0.25, 0.3) is 11.4 Å². The number of rotatable bonds is 10. The lowest BCUT2D eigenvalue weighted by molar-refractivity contribution is -0.113. The monoisotopic (exact) mass is 456 g/mol. The minimum atomic E-state index is -0.152. The molecule has 10 heteroatoms. The fourth-order valence-electron chi connectivity index (χ4n) is 3.22. The van der Waals surface area contributed by atoms with E-state index in [1.54, 1.807) is 26.4 Å². The molecule has 0 spiro atoms. The van der Waals surface area contributed by atoms with Gasteiger partial charge in [0.1, 0.15) is 0 Å². The van der Waals surface area contributed by atoms with E-state index in [-0.39, 0.29) is 11.7 Å². The van der Waals surface area contributed by atoms with E-state index in [1.165, 1.54) is 16.4 Å². The first-order chi connectivity index (χ1) is 15.5. The quantitative estimate of drug-likeness (QED) is 0.354. The molecule has 0 unspecified atom stereocenters. The summed E-state index contributed by atoms with van der Waals surface area (Å²) in [4.78, 5) is 14.6. The van der Waals surface area contributed by atoms with E-state index in [4.69, 9.17) is 15.3 Å². The molecule has 0 bridgehead atoms. The van der Waals surface area contributed by atoms with Crippen molar-refractivity contribution in [2.45, 2.75) is 19.0 Å². The molecule has 3 aromatic rings. The van der Waals surface area contributed by atoms with Crippen molar-refractivity contribution in [3.05, 3.63) is 42.5 Å². The number of nitrogens with one attached hydrogen (secondary N) is 1. The molecule has 3 rings (SSSR count). The Hall–Kier alpha value is -3.40.